The summed E-state index contributed by atoms with van der Waals surface area (Å²) in [6.07, 6.45) is -3.19. The zero-order chi connectivity index (χ0) is 13.2. The van der Waals surface area contributed by atoms with Gasteiger partial charge in [-0.25, -0.2) is 4.68 Å². The fourth-order valence-electron chi connectivity index (χ4n) is 1.31. The summed E-state index contributed by atoms with van der Waals surface area (Å²) in [5.74, 6) is -0.137. The summed E-state index contributed by atoms with van der Waals surface area (Å²) in [5, 5.41) is 7.47. The van der Waals surface area contributed by atoms with Crippen molar-refractivity contribution in [3.63, 3.8) is 0 Å². The van der Waals surface area contributed by atoms with Gasteiger partial charge in [0.15, 0.2) is 0 Å². The Bertz CT molecular complexity index is 541. The summed E-state index contributed by atoms with van der Waals surface area (Å²) >= 11 is 5.56. The van der Waals surface area contributed by atoms with Gasteiger partial charge in [0.2, 0.25) is 0 Å². The molecule has 0 atom stereocenters. The second-order valence-electron chi connectivity index (χ2n) is 3.33. The van der Waals surface area contributed by atoms with Gasteiger partial charge in [-0.05, 0) is 12.1 Å². The second kappa shape index (κ2) is 4.85. The van der Waals surface area contributed by atoms with Crippen molar-refractivity contribution in [3.05, 3.63) is 36.2 Å². The molecular formula is C10H7ClF3N3O. The molecule has 0 fully saturated rings. The molecule has 0 unspecified atom stereocenters. The van der Waals surface area contributed by atoms with E-state index in [0.29, 0.717) is 11.4 Å². The zero-order valence-electron chi connectivity index (χ0n) is 8.86. The van der Waals surface area contributed by atoms with Crippen LogP contribution in [0.25, 0.3) is 5.69 Å². The maximum absolute atomic E-state index is 12.1. The molecule has 0 saturated heterocycles. The minimum absolute atomic E-state index is 0.179. The first kappa shape index (κ1) is 12.7. The zero-order valence-corrected chi connectivity index (χ0v) is 9.61. The van der Waals surface area contributed by atoms with Gasteiger partial charge in [-0.3, -0.25) is 0 Å². The Balaban J connectivity index is 2.26. The third-order valence-corrected chi connectivity index (χ3v) is 2.27. The molecule has 8 heteroatoms. The Morgan fingerprint density at radius 1 is 1.33 bits per heavy atom. The van der Waals surface area contributed by atoms with E-state index < -0.39 is 6.36 Å². The summed E-state index contributed by atoms with van der Waals surface area (Å²) in [6, 6.07) is 5.42. The summed E-state index contributed by atoms with van der Waals surface area (Å²) < 4.78 is 41.3. The average molecular weight is 278 g/mol. The summed E-state index contributed by atoms with van der Waals surface area (Å²) in [5.41, 5.74) is 0.930. The van der Waals surface area contributed by atoms with Crippen molar-refractivity contribution in [2.24, 2.45) is 0 Å². The lowest BCUT2D eigenvalue weighted by Crippen LogP contribution is -2.17. The van der Waals surface area contributed by atoms with Gasteiger partial charge in [0.05, 0.1) is 23.5 Å². The monoisotopic (exact) mass is 277 g/mol. The van der Waals surface area contributed by atoms with Gasteiger partial charge in [-0.15, -0.1) is 29.9 Å². The van der Waals surface area contributed by atoms with Gasteiger partial charge in [-0.1, -0.05) is 11.3 Å². The van der Waals surface area contributed by atoms with Gasteiger partial charge in [0.1, 0.15) is 5.75 Å². The van der Waals surface area contributed by atoms with Crippen molar-refractivity contribution >= 4 is 11.6 Å². The van der Waals surface area contributed by atoms with Crippen molar-refractivity contribution in [1.29, 1.82) is 0 Å². The number of rotatable bonds is 3. The van der Waals surface area contributed by atoms with Crippen LogP contribution < -0.4 is 4.74 Å². The van der Waals surface area contributed by atoms with E-state index in [9.17, 15) is 13.2 Å². The van der Waals surface area contributed by atoms with E-state index in [1.807, 2.05) is 0 Å². The van der Waals surface area contributed by atoms with Gasteiger partial charge in [0.25, 0.3) is 0 Å². The van der Waals surface area contributed by atoms with Crippen LogP contribution in [-0.2, 0) is 5.88 Å². The molecule has 1 aromatic heterocycles. The molecule has 0 bridgehead atoms. The predicted molar refractivity (Wildman–Crippen MR) is 57.6 cm³/mol. The van der Waals surface area contributed by atoms with Crippen LogP contribution >= 0.6 is 11.6 Å². The third-order valence-electron chi connectivity index (χ3n) is 1.99. The Morgan fingerprint density at radius 3 is 2.72 bits per heavy atom. The minimum atomic E-state index is -4.72. The summed E-state index contributed by atoms with van der Waals surface area (Å²) in [6.45, 7) is 0. The number of hydrogen-bond donors (Lipinski definition) is 0. The number of benzene rings is 1. The highest BCUT2D eigenvalue weighted by molar-refractivity contribution is 6.16. The lowest BCUT2D eigenvalue weighted by Gasteiger charge is -2.09. The van der Waals surface area contributed by atoms with Crippen LogP contribution in [0.4, 0.5) is 13.2 Å². The van der Waals surface area contributed by atoms with E-state index in [2.05, 4.69) is 15.0 Å². The molecule has 0 aliphatic carbocycles. The van der Waals surface area contributed by atoms with E-state index in [1.165, 1.54) is 29.1 Å². The number of nitrogens with zero attached hydrogens (tertiary/aromatic N) is 3. The van der Waals surface area contributed by atoms with Crippen LogP contribution in [0.1, 0.15) is 5.69 Å². The molecule has 2 rings (SSSR count). The summed E-state index contributed by atoms with van der Waals surface area (Å²) in [4.78, 5) is 0. The van der Waals surface area contributed by atoms with Crippen molar-refractivity contribution in [2.75, 3.05) is 0 Å². The van der Waals surface area contributed by atoms with Crippen LogP contribution in [0.2, 0.25) is 0 Å². The lowest BCUT2D eigenvalue weighted by atomic mass is 10.3. The topological polar surface area (TPSA) is 39.9 Å². The van der Waals surface area contributed by atoms with Crippen LogP contribution in [0.5, 0.6) is 5.75 Å². The van der Waals surface area contributed by atoms with Crippen molar-refractivity contribution in [3.8, 4) is 11.4 Å². The van der Waals surface area contributed by atoms with Crippen molar-refractivity contribution < 1.29 is 17.9 Å². The molecule has 0 aliphatic rings. The normalized spacial score (nSPS) is 11.6. The second-order valence-corrected chi connectivity index (χ2v) is 3.60. The fourth-order valence-corrected chi connectivity index (χ4v) is 1.43. The lowest BCUT2D eigenvalue weighted by molar-refractivity contribution is -0.274. The van der Waals surface area contributed by atoms with Crippen LogP contribution in [-0.4, -0.2) is 21.4 Å². The fraction of sp³-hybridized carbons (Fsp3) is 0.200. The SMILES string of the molecule is FC(F)(F)Oc1cccc(-n2cc(CCl)nn2)c1. The van der Waals surface area contributed by atoms with E-state index in [4.69, 9.17) is 11.6 Å². The maximum atomic E-state index is 12.1. The third kappa shape index (κ3) is 3.13. The molecule has 0 radical (unpaired) electrons. The largest absolute Gasteiger partial charge is 0.573 e. The number of aromatic nitrogens is 3. The molecule has 1 aromatic carbocycles. The highest BCUT2D eigenvalue weighted by Gasteiger charge is 2.31. The standard InChI is InChI=1S/C10H7ClF3N3O/c11-5-7-6-17(16-15-7)8-2-1-3-9(4-8)18-10(12,13)14/h1-4,6H,5H2. The van der Waals surface area contributed by atoms with E-state index in [1.54, 1.807) is 6.07 Å². The van der Waals surface area contributed by atoms with Crippen LogP contribution in [0, 0.1) is 0 Å². The molecular weight excluding hydrogens is 271 g/mol. The van der Waals surface area contributed by atoms with Crippen molar-refractivity contribution in [1.82, 2.24) is 15.0 Å². The highest BCUT2D eigenvalue weighted by Crippen LogP contribution is 2.24. The smallest absolute Gasteiger partial charge is 0.406 e. The first-order valence-corrected chi connectivity index (χ1v) is 5.35. The quantitative estimate of drug-likeness (QED) is 0.810. The minimum Gasteiger partial charge on any atom is -0.406 e. The molecule has 4 nitrogen and oxygen atoms in total. The average Bonchev–Trinajstić information content (AvgIpc) is 2.75. The molecule has 2 aromatic rings. The van der Waals surface area contributed by atoms with E-state index in [-0.39, 0.29) is 11.6 Å². The van der Waals surface area contributed by atoms with Crippen molar-refractivity contribution in [2.45, 2.75) is 12.2 Å². The van der Waals surface area contributed by atoms with Crippen LogP contribution in [0.3, 0.4) is 0 Å². The predicted octanol–water partition coefficient (Wildman–Crippen LogP) is 2.90. The van der Waals surface area contributed by atoms with Gasteiger partial charge < -0.3 is 4.74 Å². The van der Waals surface area contributed by atoms with E-state index in [0.717, 1.165) is 0 Å². The maximum Gasteiger partial charge on any atom is 0.573 e. The number of alkyl halides is 4. The number of hydrogen-bond acceptors (Lipinski definition) is 3. The Morgan fingerprint density at radius 2 is 2.11 bits per heavy atom. The first-order valence-electron chi connectivity index (χ1n) is 4.81. The molecule has 0 saturated carbocycles. The first-order chi connectivity index (χ1) is 8.48. The molecule has 1 heterocycles. The van der Waals surface area contributed by atoms with Gasteiger partial charge in [0, 0.05) is 6.07 Å². The van der Waals surface area contributed by atoms with Gasteiger partial charge >= 0.3 is 6.36 Å². The number of halogens is 4. The molecule has 0 spiro atoms. The summed E-state index contributed by atoms with van der Waals surface area (Å²) in [7, 11) is 0. The van der Waals surface area contributed by atoms with E-state index >= 15 is 0 Å². The molecule has 96 valence electrons. The molecule has 0 N–H and O–H groups in total. The Kier molecular flexibility index (Phi) is 3.42. The molecule has 0 aliphatic heterocycles. The highest BCUT2D eigenvalue weighted by atomic mass is 35.5. The molecule has 0 amide bonds. The molecule has 18 heavy (non-hydrogen) atoms. The Labute approximate surface area is 105 Å². The number of ether oxygens (including phenoxy) is 1. The van der Waals surface area contributed by atoms with Gasteiger partial charge in [-0.2, -0.15) is 0 Å². The van der Waals surface area contributed by atoms with Crippen LogP contribution in [0.15, 0.2) is 30.5 Å². The Hall–Kier alpha value is -1.76.